The molecule has 0 radical (unpaired) electrons. The standard InChI is InChI=1S/C21H21N3O3S/c1-28(26,27)24-13-17-12-23(21(25)18-10-6-5-9-16(18)11-22)14-19(17)20(24)15-7-3-2-4-8-15/h2-10,17,19-20H,12-14H2,1H3/t17-,19-,20+/m1/s1. The monoisotopic (exact) mass is 395 g/mol. The molecule has 3 atom stereocenters. The lowest BCUT2D eigenvalue weighted by Crippen LogP contribution is -2.37. The van der Waals surface area contributed by atoms with E-state index in [9.17, 15) is 18.5 Å². The van der Waals surface area contributed by atoms with Gasteiger partial charge in [-0.15, -0.1) is 0 Å². The molecule has 2 saturated heterocycles. The Morgan fingerprint density at radius 3 is 2.39 bits per heavy atom. The summed E-state index contributed by atoms with van der Waals surface area (Å²) in [5.74, 6) is -0.0438. The van der Waals surface area contributed by atoms with E-state index in [1.165, 1.54) is 6.26 Å². The third-order valence-electron chi connectivity index (χ3n) is 5.75. The van der Waals surface area contributed by atoms with E-state index >= 15 is 0 Å². The zero-order valence-corrected chi connectivity index (χ0v) is 16.3. The molecule has 0 N–H and O–H groups in total. The highest BCUT2D eigenvalue weighted by molar-refractivity contribution is 7.88. The van der Waals surface area contributed by atoms with Gasteiger partial charge in [0.25, 0.3) is 5.91 Å². The fraction of sp³-hybridized carbons (Fsp3) is 0.333. The lowest BCUT2D eigenvalue weighted by atomic mass is 9.90. The van der Waals surface area contributed by atoms with Crippen molar-refractivity contribution in [1.82, 2.24) is 9.21 Å². The number of hydrogen-bond donors (Lipinski definition) is 0. The van der Waals surface area contributed by atoms with Crippen LogP contribution in [-0.4, -0.2) is 49.4 Å². The number of benzene rings is 2. The number of sulfonamides is 1. The first kappa shape index (κ1) is 18.7. The van der Waals surface area contributed by atoms with Crippen molar-refractivity contribution >= 4 is 15.9 Å². The van der Waals surface area contributed by atoms with Crippen molar-refractivity contribution in [1.29, 1.82) is 5.26 Å². The maximum Gasteiger partial charge on any atom is 0.255 e. The van der Waals surface area contributed by atoms with E-state index in [1.807, 2.05) is 30.3 Å². The maximum atomic E-state index is 13.0. The van der Waals surface area contributed by atoms with Gasteiger partial charge in [-0.1, -0.05) is 42.5 Å². The first-order valence-corrected chi connectivity index (χ1v) is 11.0. The Balaban J connectivity index is 1.64. The number of hydrogen-bond acceptors (Lipinski definition) is 4. The maximum absolute atomic E-state index is 13.0. The highest BCUT2D eigenvalue weighted by atomic mass is 32.2. The number of fused-ring (bicyclic) bond motifs is 1. The van der Waals surface area contributed by atoms with E-state index in [4.69, 9.17) is 0 Å². The number of likely N-dealkylation sites (tertiary alicyclic amines) is 1. The molecule has 0 saturated carbocycles. The fourth-order valence-corrected chi connectivity index (χ4v) is 5.67. The van der Waals surface area contributed by atoms with Crippen molar-refractivity contribution in [2.75, 3.05) is 25.9 Å². The average molecular weight is 395 g/mol. The second-order valence-corrected chi connectivity index (χ2v) is 9.41. The van der Waals surface area contributed by atoms with E-state index in [0.717, 1.165) is 5.56 Å². The summed E-state index contributed by atoms with van der Waals surface area (Å²) in [4.78, 5) is 14.8. The molecule has 0 aliphatic carbocycles. The minimum absolute atomic E-state index is 0.0373. The normalized spacial score (nSPS) is 24.7. The van der Waals surface area contributed by atoms with Crippen molar-refractivity contribution in [3.05, 3.63) is 71.3 Å². The summed E-state index contributed by atoms with van der Waals surface area (Å²) >= 11 is 0. The van der Waals surface area contributed by atoms with Gasteiger partial charge in [0.2, 0.25) is 10.0 Å². The SMILES string of the molecule is CS(=O)(=O)N1C[C@H]2CN(C(=O)c3ccccc3C#N)C[C@H]2[C@@H]1c1ccccc1. The molecule has 2 aromatic rings. The van der Waals surface area contributed by atoms with Crippen LogP contribution in [0.5, 0.6) is 0 Å². The van der Waals surface area contributed by atoms with Crippen LogP contribution >= 0.6 is 0 Å². The van der Waals surface area contributed by atoms with Gasteiger partial charge in [-0.2, -0.15) is 9.57 Å². The van der Waals surface area contributed by atoms with Crippen LogP contribution in [0.3, 0.4) is 0 Å². The van der Waals surface area contributed by atoms with E-state index in [0.29, 0.717) is 30.8 Å². The molecular formula is C21H21N3O3S. The highest BCUT2D eigenvalue weighted by Gasteiger charge is 2.51. The summed E-state index contributed by atoms with van der Waals surface area (Å²) in [7, 11) is -3.36. The van der Waals surface area contributed by atoms with Crippen LogP contribution in [0, 0.1) is 23.2 Å². The minimum atomic E-state index is -3.36. The fourth-order valence-electron chi connectivity index (χ4n) is 4.51. The molecule has 28 heavy (non-hydrogen) atoms. The van der Waals surface area contributed by atoms with Crippen molar-refractivity contribution in [2.45, 2.75) is 6.04 Å². The van der Waals surface area contributed by atoms with Gasteiger partial charge >= 0.3 is 0 Å². The van der Waals surface area contributed by atoms with Crippen LogP contribution in [0.1, 0.15) is 27.5 Å². The van der Waals surface area contributed by atoms with E-state index in [-0.39, 0.29) is 23.8 Å². The first-order valence-electron chi connectivity index (χ1n) is 9.20. The van der Waals surface area contributed by atoms with Gasteiger partial charge in [0.1, 0.15) is 0 Å². The van der Waals surface area contributed by atoms with Crippen LogP contribution in [0.4, 0.5) is 0 Å². The molecule has 144 valence electrons. The summed E-state index contributed by atoms with van der Waals surface area (Å²) in [6.45, 7) is 1.39. The Labute approximate surface area is 165 Å². The van der Waals surface area contributed by atoms with Crippen LogP contribution in [0.15, 0.2) is 54.6 Å². The Hall–Kier alpha value is -2.69. The Bertz CT molecular complexity index is 1050. The topological polar surface area (TPSA) is 81.5 Å². The van der Waals surface area contributed by atoms with Gasteiger partial charge in [0, 0.05) is 25.6 Å². The molecule has 2 fully saturated rings. The van der Waals surface area contributed by atoms with Gasteiger partial charge in [0.15, 0.2) is 0 Å². The summed E-state index contributed by atoms with van der Waals surface area (Å²) in [5, 5.41) is 9.29. The molecule has 2 aromatic carbocycles. The molecule has 2 aliphatic heterocycles. The van der Waals surface area contributed by atoms with E-state index in [1.54, 1.807) is 33.5 Å². The van der Waals surface area contributed by atoms with Crippen LogP contribution in [0.2, 0.25) is 0 Å². The summed E-state index contributed by atoms with van der Waals surface area (Å²) in [6, 6.07) is 18.2. The van der Waals surface area contributed by atoms with Gasteiger partial charge in [-0.25, -0.2) is 8.42 Å². The van der Waals surface area contributed by atoms with E-state index in [2.05, 4.69) is 6.07 Å². The van der Waals surface area contributed by atoms with Crippen molar-refractivity contribution in [3.63, 3.8) is 0 Å². The molecule has 4 rings (SSSR count). The van der Waals surface area contributed by atoms with Crippen molar-refractivity contribution in [3.8, 4) is 6.07 Å². The lowest BCUT2D eigenvalue weighted by Gasteiger charge is -2.28. The lowest BCUT2D eigenvalue weighted by molar-refractivity contribution is 0.0773. The van der Waals surface area contributed by atoms with Gasteiger partial charge in [-0.05, 0) is 23.6 Å². The van der Waals surface area contributed by atoms with E-state index < -0.39 is 10.0 Å². The molecule has 1 amide bonds. The van der Waals surface area contributed by atoms with Crippen LogP contribution in [-0.2, 0) is 10.0 Å². The van der Waals surface area contributed by atoms with Crippen molar-refractivity contribution < 1.29 is 13.2 Å². The third kappa shape index (κ3) is 3.19. The van der Waals surface area contributed by atoms with Crippen molar-refractivity contribution in [2.24, 2.45) is 11.8 Å². The largest absolute Gasteiger partial charge is 0.338 e. The van der Waals surface area contributed by atoms with Gasteiger partial charge in [-0.3, -0.25) is 4.79 Å². The Kier molecular flexibility index (Phi) is 4.69. The molecule has 0 bridgehead atoms. The van der Waals surface area contributed by atoms with Gasteiger partial charge < -0.3 is 4.90 Å². The number of carbonyl (C=O) groups excluding carboxylic acids is 1. The quantitative estimate of drug-likeness (QED) is 0.798. The molecule has 6 nitrogen and oxygen atoms in total. The molecule has 2 heterocycles. The molecular weight excluding hydrogens is 374 g/mol. The Morgan fingerprint density at radius 1 is 1.04 bits per heavy atom. The second kappa shape index (κ2) is 7.04. The average Bonchev–Trinajstić information content (AvgIpc) is 3.26. The predicted octanol–water partition coefficient (Wildman–Crippen LogP) is 2.26. The molecule has 2 aliphatic rings. The van der Waals surface area contributed by atoms with Crippen LogP contribution < -0.4 is 0 Å². The number of carbonyl (C=O) groups is 1. The Morgan fingerprint density at radius 2 is 1.71 bits per heavy atom. The summed E-state index contributed by atoms with van der Waals surface area (Å²) < 4.78 is 26.3. The zero-order valence-electron chi connectivity index (χ0n) is 15.5. The predicted molar refractivity (Wildman–Crippen MR) is 105 cm³/mol. The minimum Gasteiger partial charge on any atom is -0.338 e. The number of rotatable bonds is 3. The summed E-state index contributed by atoms with van der Waals surface area (Å²) in [5.41, 5.74) is 1.72. The number of nitrogens with zero attached hydrogens (tertiary/aromatic N) is 3. The molecule has 0 aromatic heterocycles. The summed E-state index contributed by atoms with van der Waals surface area (Å²) in [6.07, 6.45) is 1.25. The number of amides is 1. The van der Waals surface area contributed by atoms with Gasteiger partial charge in [0.05, 0.1) is 29.5 Å². The highest BCUT2D eigenvalue weighted by Crippen LogP contribution is 2.46. The molecule has 7 heteroatoms. The first-order chi connectivity index (χ1) is 13.4. The smallest absolute Gasteiger partial charge is 0.255 e. The third-order valence-corrected chi connectivity index (χ3v) is 6.98. The van der Waals surface area contributed by atoms with Crippen LogP contribution in [0.25, 0.3) is 0 Å². The second-order valence-electron chi connectivity index (χ2n) is 7.48. The molecule has 0 unspecified atom stereocenters. The molecule has 0 spiro atoms. The number of nitriles is 1. The zero-order chi connectivity index (χ0) is 19.9.